The zero-order valence-electron chi connectivity index (χ0n) is 16.3. The van der Waals surface area contributed by atoms with Crippen LogP contribution in [-0.4, -0.2) is 20.9 Å². The molecule has 0 aliphatic heterocycles. The second kappa shape index (κ2) is 8.67. The van der Waals surface area contributed by atoms with Crippen LogP contribution < -0.4 is 10.0 Å². The number of hydrogen-bond donors (Lipinski definition) is 2. The predicted molar refractivity (Wildman–Crippen MR) is 108 cm³/mol. The maximum absolute atomic E-state index is 12.4. The summed E-state index contributed by atoms with van der Waals surface area (Å²) in [7, 11) is -3.63. The molecule has 2 aromatic carbocycles. The van der Waals surface area contributed by atoms with Crippen molar-refractivity contribution in [3.8, 4) is 0 Å². The van der Waals surface area contributed by atoms with Gasteiger partial charge in [0.05, 0.1) is 10.9 Å². The molecule has 0 spiro atoms. The average Bonchev–Trinajstić information content (AvgIpc) is 2.61. The van der Waals surface area contributed by atoms with E-state index in [1.807, 2.05) is 49.4 Å². The highest BCUT2D eigenvalue weighted by Crippen LogP contribution is 2.23. The first-order chi connectivity index (χ1) is 12.6. The van der Waals surface area contributed by atoms with Gasteiger partial charge in [0.1, 0.15) is 0 Å². The zero-order chi connectivity index (χ0) is 20.1. The third-order valence-corrected chi connectivity index (χ3v) is 5.83. The predicted octanol–water partition coefficient (Wildman–Crippen LogP) is 3.53. The Kier molecular flexibility index (Phi) is 6.78. The Balaban J connectivity index is 1.87. The quantitative estimate of drug-likeness (QED) is 0.762. The van der Waals surface area contributed by atoms with Gasteiger partial charge in [0.25, 0.3) is 0 Å². The molecule has 5 nitrogen and oxygen atoms in total. The first-order valence-electron chi connectivity index (χ1n) is 9.04. The number of hydrogen-bond acceptors (Lipinski definition) is 3. The molecule has 0 saturated heterocycles. The molecule has 2 rings (SSSR count). The van der Waals surface area contributed by atoms with Crippen LogP contribution in [0.1, 0.15) is 51.3 Å². The van der Waals surface area contributed by atoms with Crippen LogP contribution in [0.3, 0.4) is 0 Å². The van der Waals surface area contributed by atoms with E-state index in [4.69, 9.17) is 0 Å². The number of sulfonamides is 1. The number of amides is 1. The van der Waals surface area contributed by atoms with E-state index in [9.17, 15) is 13.2 Å². The Morgan fingerprint density at radius 2 is 1.59 bits per heavy atom. The minimum atomic E-state index is -3.63. The molecule has 0 aliphatic rings. The van der Waals surface area contributed by atoms with Gasteiger partial charge < -0.3 is 5.32 Å². The highest BCUT2D eigenvalue weighted by atomic mass is 32.2. The average molecular weight is 389 g/mol. The molecule has 1 amide bonds. The second-order valence-corrected chi connectivity index (χ2v) is 9.39. The summed E-state index contributed by atoms with van der Waals surface area (Å²) in [5.41, 5.74) is 2.03. The molecule has 2 N–H and O–H groups in total. The lowest BCUT2D eigenvalue weighted by atomic mass is 9.87. The Morgan fingerprint density at radius 1 is 1.00 bits per heavy atom. The van der Waals surface area contributed by atoms with Crippen molar-refractivity contribution in [2.24, 2.45) is 0 Å². The monoisotopic (exact) mass is 388 g/mol. The summed E-state index contributed by atoms with van der Waals surface area (Å²) in [4.78, 5) is 12.3. The Morgan fingerprint density at radius 3 is 2.15 bits per heavy atom. The zero-order valence-corrected chi connectivity index (χ0v) is 17.1. The lowest BCUT2D eigenvalue weighted by molar-refractivity contribution is -0.121. The van der Waals surface area contributed by atoms with Crippen molar-refractivity contribution in [2.45, 2.75) is 50.5 Å². The molecule has 0 fully saturated rings. The molecule has 27 heavy (non-hydrogen) atoms. The van der Waals surface area contributed by atoms with Gasteiger partial charge in [0.15, 0.2) is 0 Å². The van der Waals surface area contributed by atoms with E-state index in [0.29, 0.717) is 0 Å². The highest BCUT2D eigenvalue weighted by Gasteiger charge is 2.18. The first-order valence-corrected chi connectivity index (χ1v) is 10.5. The first kappa shape index (κ1) is 21.1. The summed E-state index contributed by atoms with van der Waals surface area (Å²) < 4.78 is 27.2. The van der Waals surface area contributed by atoms with E-state index >= 15 is 0 Å². The topological polar surface area (TPSA) is 75.3 Å². The molecule has 0 unspecified atom stereocenters. The fourth-order valence-electron chi connectivity index (χ4n) is 2.66. The molecule has 0 heterocycles. The smallest absolute Gasteiger partial charge is 0.240 e. The van der Waals surface area contributed by atoms with Gasteiger partial charge >= 0.3 is 0 Å². The van der Waals surface area contributed by atoms with Crippen LogP contribution in [0, 0.1) is 0 Å². The van der Waals surface area contributed by atoms with E-state index in [0.717, 1.165) is 11.1 Å². The summed E-state index contributed by atoms with van der Waals surface area (Å²) in [5.74, 6) is -0.197. The molecule has 0 aromatic heterocycles. The van der Waals surface area contributed by atoms with Crippen molar-refractivity contribution < 1.29 is 13.2 Å². The summed E-state index contributed by atoms with van der Waals surface area (Å²) in [6.07, 6.45) is 0.0798. The van der Waals surface area contributed by atoms with E-state index in [1.165, 1.54) is 0 Å². The lowest BCUT2D eigenvalue weighted by Crippen LogP contribution is -2.32. The Bertz CT molecular complexity index is 855. The molecule has 6 heteroatoms. The Hall–Kier alpha value is -2.18. The fourth-order valence-corrected chi connectivity index (χ4v) is 3.69. The largest absolute Gasteiger partial charge is 0.350 e. The van der Waals surface area contributed by atoms with Gasteiger partial charge in [-0.2, -0.15) is 0 Å². The molecule has 0 bridgehead atoms. The number of rotatable bonds is 7. The molecular weight excluding hydrogens is 360 g/mol. The standard InChI is InChI=1S/C21H28N2O3S/c1-16(17-8-6-5-7-9-17)23-20(24)14-15-22-27(25,26)19-12-10-18(11-13-19)21(2,3)4/h5-13,16,22H,14-15H2,1-4H3,(H,23,24)/t16-/m1/s1. The molecule has 0 radical (unpaired) electrons. The van der Waals surface area contributed by atoms with Crippen LogP contribution in [0.25, 0.3) is 0 Å². The minimum absolute atomic E-state index is 0.0384. The van der Waals surface area contributed by atoms with Crippen molar-refractivity contribution >= 4 is 15.9 Å². The number of carbonyl (C=O) groups is 1. The van der Waals surface area contributed by atoms with Crippen LogP contribution >= 0.6 is 0 Å². The molecule has 146 valence electrons. The van der Waals surface area contributed by atoms with E-state index in [1.54, 1.807) is 12.1 Å². The summed E-state index contributed by atoms with van der Waals surface area (Å²) in [5, 5.41) is 2.87. The van der Waals surface area contributed by atoms with E-state index < -0.39 is 10.0 Å². The van der Waals surface area contributed by atoms with Gasteiger partial charge in [-0.25, -0.2) is 13.1 Å². The number of nitrogens with one attached hydrogen (secondary N) is 2. The van der Waals surface area contributed by atoms with Crippen molar-refractivity contribution in [1.82, 2.24) is 10.0 Å². The SMILES string of the molecule is C[C@@H](NC(=O)CCNS(=O)(=O)c1ccc(C(C)(C)C)cc1)c1ccccc1. The molecule has 1 atom stereocenters. The number of benzene rings is 2. The van der Waals surface area contributed by atoms with Gasteiger partial charge in [0.2, 0.25) is 15.9 Å². The van der Waals surface area contributed by atoms with Gasteiger partial charge in [-0.15, -0.1) is 0 Å². The third kappa shape index (κ3) is 6.19. The maximum atomic E-state index is 12.4. The Labute approximate surface area is 162 Å². The van der Waals surface area contributed by atoms with Crippen LogP contribution in [0.5, 0.6) is 0 Å². The van der Waals surface area contributed by atoms with Gasteiger partial charge in [0, 0.05) is 13.0 Å². The van der Waals surface area contributed by atoms with Crippen LogP contribution in [0.4, 0.5) is 0 Å². The minimum Gasteiger partial charge on any atom is -0.350 e. The van der Waals surface area contributed by atoms with Crippen molar-refractivity contribution in [3.63, 3.8) is 0 Å². The van der Waals surface area contributed by atoms with Crippen molar-refractivity contribution in [2.75, 3.05) is 6.54 Å². The molecule has 2 aromatic rings. The van der Waals surface area contributed by atoms with Crippen LogP contribution in [0.15, 0.2) is 59.5 Å². The summed E-state index contributed by atoms with van der Waals surface area (Å²) in [6.45, 7) is 8.17. The van der Waals surface area contributed by atoms with Gasteiger partial charge in [-0.1, -0.05) is 63.2 Å². The maximum Gasteiger partial charge on any atom is 0.240 e. The second-order valence-electron chi connectivity index (χ2n) is 7.62. The van der Waals surface area contributed by atoms with E-state index in [-0.39, 0.29) is 35.2 Å². The van der Waals surface area contributed by atoms with Crippen molar-refractivity contribution in [1.29, 1.82) is 0 Å². The molecule has 0 saturated carbocycles. The lowest BCUT2D eigenvalue weighted by Gasteiger charge is -2.19. The third-order valence-electron chi connectivity index (χ3n) is 4.35. The normalized spacial score (nSPS) is 13.2. The summed E-state index contributed by atoms with van der Waals surface area (Å²) in [6, 6.07) is 16.3. The van der Waals surface area contributed by atoms with Gasteiger partial charge in [-0.05, 0) is 35.6 Å². The van der Waals surface area contributed by atoms with Gasteiger partial charge in [-0.3, -0.25) is 4.79 Å². The van der Waals surface area contributed by atoms with Crippen LogP contribution in [0.2, 0.25) is 0 Å². The summed E-state index contributed by atoms with van der Waals surface area (Å²) >= 11 is 0. The van der Waals surface area contributed by atoms with E-state index in [2.05, 4.69) is 30.8 Å². The molecular formula is C21H28N2O3S. The van der Waals surface area contributed by atoms with Crippen LogP contribution in [-0.2, 0) is 20.2 Å². The number of carbonyl (C=O) groups excluding carboxylic acids is 1. The molecule has 0 aliphatic carbocycles. The highest BCUT2D eigenvalue weighted by molar-refractivity contribution is 7.89. The fraction of sp³-hybridized carbons (Fsp3) is 0.381. The van der Waals surface area contributed by atoms with Crippen molar-refractivity contribution in [3.05, 3.63) is 65.7 Å².